The second-order valence-corrected chi connectivity index (χ2v) is 3.85. The van der Waals surface area contributed by atoms with Crippen molar-refractivity contribution in [1.29, 1.82) is 0 Å². The molecule has 0 aliphatic carbocycles. The van der Waals surface area contributed by atoms with Gasteiger partial charge in [0.15, 0.2) is 8.38 Å². The van der Waals surface area contributed by atoms with Gasteiger partial charge >= 0.3 is 5.97 Å². The molecule has 1 aliphatic heterocycles. The van der Waals surface area contributed by atoms with Crippen molar-refractivity contribution in [2.24, 2.45) is 0 Å². The summed E-state index contributed by atoms with van der Waals surface area (Å²) in [5, 5.41) is 8.70. The Morgan fingerprint density at radius 1 is 1.58 bits per heavy atom. The maximum absolute atomic E-state index is 10.6. The topological polar surface area (TPSA) is 81.0 Å². The molecule has 0 saturated carbocycles. The highest BCUT2D eigenvalue weighted by Crippen LogP contribution is 2.29. The summed E-state index contributed by atoms with van der Waals surface area (Å²) in [5.41, 5.74) is 0. The van der Waals surface area contributed by atoms with E-state index in [1.165, 1.54) is 0 Å². The maximum atomic E-state index is 10.6. The van der Waals surface area contributed by atoms with Crippen LogP contribution in [0.1, 0.15) is 12.8 Å². The zero-order valence-corrected chi connectivity index (χ0v) is 7.44. The highest BCUT2D eigenvalue weighted by atomic mass is 31.2. The minimum absolute atomic E-state index is 0.0896. The van der Waals surface area contributed by atoms with E-state index in [-0.39, 0.29) is 6.29 Å². The highest BCUT2D eigenvalue weighted by Gasteiger charge is 2.31. The third-order valence-electron chi connectivity index (χ3n) is 1.96. The van der Waals surface area contributed by atoms with Crippen LogP contribution in [0.15, 0.2) is 0 Å². The number of nitrogens with zero attached hydrogens (tertiary/aromatic N) is 1. The molecule has 0 radical (unpaired) electrons. The molecule has 0 spiro atoms. The van der Waals surface area contributed by atoms with Gasteiger partial charge < -0.3 is 14.9 Å². The quantitative estimate of drug-likeness (QED) is 0.540. The summed E-state index contributed by atoms with van der Waals surface area (Å²) in [5.74, 6) is -0.871. The lowest BCUT2D eigenvalue weighted by Crippen LogP contribution is -2.35. The third kappa shape index (κ3) is 2.38. The lowest BCUT2D eigenvalue weighted by Gasteiger charge is -2.20. The number of rotatable bonds is 3. The van der Waals surface area contributed by atoms with Crippen LogP contribution in [0.2, 0.25) is 0 Å². The maximum Gasteiger partial charge on any atom is 0.320 e. The molecular weight excluding hydrogens is 181 g/mol. The molecule has 1 fully saturated rings. The van der Waals surface area contributed by atoms with Crippen LogP contribution < -0.4 is 0 Å². The molecule has 1 rings (SSSR count). The molecule has 0 aromatic carbocycles. The molecule has 3 N–H and O–H groups in total. The van der Waals surface area contributed by atoms with E-state index >= 15 is 0 Å². The van der Waals surface area contributed by atoms with Crippen LogP contribution in [0, 0.1) is 0 Å². The molecule has 1 saturated heterocycles. The zero-order valence-electron chi connectivity index (χ0n) is 6.55. The molecule has 1 atom stereocenters. The minimum atomic E-state index is -2.00. The predicted octanol–water partition coefficient (Wildman–Crippen LogP) is -0.211. The molecular formula is C6H12NO4P. The smallest absolute Gasteiger partial charge is 0.320 e. The van der Waals surface area contributed by atoms with Crippen molar-refractivity contribution in [3.05, 3.63) is 0 Å². The molecule has 6 heteroatoms. The summed E-state index contributed by atoms with van der Waals surface area (Å²) in [6.45, 7) is 0.650. The largest absolute Gasteiger partial charge is 0.480 e. The first-order valence-corrected chi connectivity index (χ1v) is 5.16. The van der Waals surface area contributed by atoms with Crippen molar-refractivity contribution < 1.29 is 19.7 Å². The Morgan fingerprint density at radius 2 is 2.25 bits per heavy atom. The third-order valence-corrected chi connectivity index (χ3v) is 2.57. The van der Waals surface area contributed by atoms with Gasteiger partial charge in [0, 0.05) is 0 Å². The summed E-state index contributed by atoms with van der Waals surface area (Å²) >= 11 is 0. The van der Waals surface area contributed by atoms with Crippen molar-refractivity contribution in [3.8, 4) is 0 Å². The summed E-state index contributed by atoms with van der Waals surface area (Å²) in [6, 6.07) is -0.519. The average Bonchev–Trinajstić information content (AvgIpc) is 2.33. The number of carboxylic acids is 1. The number of aliphatic carboxylic acids is 1. The number of hydrogen-bond acceptors (Lipinski definition) is 4. The van der Waals surface area contributed by atoms with Crippen LogP contribution in [0.3, 0.4) is 0 Å². The van der Waals surface area contributed by atoms with Gasteiger partial charge in [0.2, 0.25) is 0 Å². The molecule has 0 aromatic rings. The van der Waals surface area contributed by atoms with Gasteiger partial charge in [-0.2, -0.15) is 0 Å². The van der Waals surface area contributed by atoms with E-state index < -0.39 is 20.4 Å². The number of carbonyl (C=O) groups is 1. The van der Waals surface area contributed by atoms with Crippen LogP contribution in [-0.2, 0) is 4.79 Å². The second kappa shape index (κ2) is 4.14. The van der Waals surface area contributed by atoms with Crippen LogP contribution in [0.4, 0.5) is 0 Å². The van der Waals surface area contributed by atoms with Crippen LogP contribution in [0.25, 0.3) is 0 Å². The van der Waals surface area contributed by atoms with E-state index in [9.17, 15) is 4.79 Å². The lowest BCUT2D eigenvalue weighted by atomic mass is 10.2. The van der Waals surface area contributed by atoms with Crippen LogP contribution >= 0.6 is 8.38 Å². The first kappa shape index (κ1) is 9.86. The standard InChI is InChI=1S/C6H12NO4P/c8-6(9)5-2-1-3-7(5)4-12(10)11/h5,10-11H,1-4H2,(H,8,9). The molecule has 0 amide bonds. The molecule has 1 unspecified atom stereocenters. The second-order valence-electron chi connectivity index (χ2n) is 2.82. The Labute approximate surface area is 71.5 Å². The van der Waals surface area contributed by atoms with Crippen molar-refractivity contribution >= 4 is 14.3 Å². The lowest BCUT2D eigenvalue weighted by molar-refractivity contribution is -0.141. The fraction of sp³-hybridized carbons (Fsp3) is 0.833. The Kier molecular flexibility index (Phi) is 3.40. The van der Waals surface area contributed by atoms with Gasteiger partial charge in [-0.3, -0.25) is 9.69 Å². The summed E-state index contributed by atoms with van der Waals surface area (Å²) in [6.07, 6.45) is 1.52. The van der Waals surface area contributed by atoms with E-state index in [0.717, 1.165) is 6.42 Å². The minimum Gasteiger partial charge on any atom is -0.480 e. The molecule has 1 aliphatic rings. The SMILES string of the molecule is O=C(O)C1CCCN1CP(O)O. The molecule has 1 heterocycles. The van der Waals surface area contributed by atoms with Crippen LogP contribution in [-0.4, -0.2) is 44.6 Å². The molecule has 0 bridgehead atoms. The molecule has 12 heavy (non-hydrogen) atoms. The highest BCUT2D eigenvalue weighted by molar-refractivity contribution is 7.44. The molecule has 0 aromatic heterocycles. The van der Waals surface area contributed by atoms with Gasteiger partial charge in [0.05, 0.1) is 6.29 Å². The van der Waals surface area contributed by atoms with Gasteiger partial charge in [-0.25, -0.2) is 0 Å². The van der Waals surface area contributed by atoms with Crippen molar-refractivity contribution in [1.82, 2.24) is 4.90 Å². The summed E-state index contributed by atoms with van der Waals surface area (Å²) in [4.78, 5) is 29.6. The predicted molar refractivity (Wildman–Crippen MR) is 43.6 cm³/mol. The fourth-order valence-corrected chi connectivity index (χ4v) is 2.10. The monoisotopic (exact) mass is 193 g/mol. The van der Waals surface area contributed by atoms with Crippen molar-refractivity contribution in [2.45, 2.75) is 18.9 Å². The average molecular weight is 193 g/mol. The van der Waals surface area contributed by atoms with E-state index in [4.69, 9.17) is 14.9 Å². The Bertz CT molecular complexity index is 175. The van der Waals surface area contributed by atoms with Gasteiger partial charge in [-0.15, -0.1) is 0 Å². The van der Waals surface area contributed by atoms with Gasteiger partial charge in [0.1, 0.15) is 6.04 Å². The summed E-state index contributed by atoms with van der Waals surface area (Å²) in [7, 11) is -2.00. The first-order valence-electron chi connectivity index (χ1n) is 3.73. The van der Waals surface area contributed by atoms with E-state index in [2.05, 4.69) is 0 Å². The van der Waals surface area contributed by atoms with Gasteiger partial charge in [-0.1, -0.05) is 0 Å². The normalized spacial score (nSPS) is 25.1. The Morgan fingerprint density at radius 3 is 2.75 bits per heavy atom. The fourth-order valence-electron chi connectivity index (χ4n) is 1.44. The van der Waals surface area contributed by atoms with E-state index in [1.54, 1.807) is 4.90 Å². The number of hydrogen-bond donors (Lipinski definition) is 3. The van der Waals surface area contributed by atoms with Crippen LogP contribution in [0.5, 0.6) is 0 Å². The van der Waals surface area contributed by atoms with E-state index in [0.29, 0.717) is 13.0 Å². The van der Waals surface area contributed by atoms with E-state index in [1.807, 2.05) is 0 Å². The first-order chi connectivity index (χ1) is 5.61. The van der Waals surface area contributed by atoms with Gasteiger partial charge in [0.25, 0.3) is 0 Å². The summed E-state index contributed by atoms with van der Waals surface area (Å²) < 4.78 is 0. The molecule has 5 nitrogen and oxygen atoms in total. The van der Waals surface area contributed by atoms with Crippen molar-refractivity contribution in [2.75, 3.05) is 12.8 Å². The Hall–Kier alpha value is -0.220. The number of likely N-dealkylation sites (tertiary alicyclic amines) is 1. The Balaban J connectivity index is 2.46. The molecule has 70 valence electrons. The van der Waals surface area contributed by atoms with Gasteiger partial charge in [-0.05, 0) is 19.4 Å². The zero-order chi connectivity index (χ0) is 9.14. The van der Waals surface area contributed by atoms with Crippen molar-refractivity contribution in [3.63, 3.8) is 0 Å². The number of carboxylic acid groups (broad SMARTS) is 1.